The van der Waals surface area contributed by atoms with Gasteiger partial charge in [0.1, 0.15) is 12.4 Å². The van der Waals surface area contributed by atoms with Crippen LogP contribution in [0.3, 0.4) is 0 Å². The number of benzene rings is 1. The Labute approximate surface area is 149 Å². The summed E-state index contributed by atoms with van der Waals surface area (Å²) < 4.78 is 5.74. The van der Waals surface area contributed by atoms with Crippen LogP contribution in [0, 0.1) is 5.92 Å². The van der Waals surface area contributed by atoms with Crippen molar-refractivity contribution in [2.24, 2.45) is 5.92 Å². The average Bonchev–Trinajstić information content (AvgIpc) is 2.61. The second-order valence-electron chi connectivity index (χ2n) is 6.25. The van der Waals surface area contributed by atoms with Crippen molar-refractivity contribution in [2.45, 2.75) is 6.54 Å². The number of pyridine rings is 1. The van der Waals surface area contributed by atoms with Gasteiger partial charge in [-0.2, -0.15) is 0 Å². The van der Waals surface area contributed by atoms with E-state index in [1.165, 1.54) is 5.56 Å². The Bertz CT molecular complexity index is 708. The van der Waals surface area contributed by atoms with E-state index < -0.39 is 0 Å². The number of aromatic nitrogens is 1. The van der Waals surface area contributed by atoms with Crippen LogP contribution in [0.2, 0.25) is 0 Å². The maximum Gasteiger partial charge on any atom is 0.120 e. The van der Waals surface area contributed by atoms with Gasteiger partial charge in [-0.15, -0.1) is 0 Å². The van der Waals surface area contributed by atoms with Gasteiger partial charge in [-0.1, -0.05) is 30.9 Å². The van der Waals surface area contributed by atoms with Crippen molar-refractivity contribution in [1.82, 2.24) is 15.6 Å². The number of rotatable bonds is 9. The molecule has 0 atom stereocenters. The van der Waals surface area contributed by atoms with E-state index in [0.29, 0.717) is 6.61 Å². The number of nitrogens with one attached hydrogen (secondary N) is 2. The van der Waals surface area contributed by atoms with Crippen molar-refractivity contribution in [3.05, 3.63) is 72.1 Å². The van der Waals surface area contributed by atoms with Gasteiger partial charge in [0.15, 0.2) is 0 Å². The third kappa shape index (κ3) is 5.55. The molecule has 1 aromatic carbocycles. The predicted molar refractivity (Wildman–Crippen MR) is 103 cm³/mol. The topological polar surface area (TPSA) is 46.2 Å². The second kappa shape index (κ2) is 9.16. The third-order valence-corrected chi connectivity index (χ3v) is 4.12. The maximum atomic E-state index is 5.74. The lowest BCUT2D eigenvalue weighted by Gasteiger charge is -2.27. The van der Waals surface area contributed by atoms with Crippen LogP contribution in [-0.2, 0) is 6.54 Å². The molecule has 25 heavy (non-hydrogen) atoms. The molecule has 1 fully saturated rings. The highest BCUT2D eigenvalue weighted by atomic mass is 16.5. The van der Waals surface area contributed by atoms with E-state index in [1.54, 1.807) is 12.3 Å². The van der Waals surface area contributed by atoms with Crippen molar-refractivity contribution in [1.29, 1.82) is 0 Å². The van der Waals surface area contributed by atoms with Gasteiger partial charge < -0.3 is 15.4 Å². The first-order valence-corrected chi connectivity index (χ1v) is 8.72. The van der Waals surface area contributed by atoms with Crippen LogP contribution >= 0.6 is 0 Å². The molecule has 0 radical (unpaired) electrons. The first-order chi connectivity index (χ1) is 12.3. The lowest BCUT2D eigenvalue weighted by molar-refractivity contribution is 0.331. The highest BCUT2D eigenvalue weighted by Gasteiger charge is 2.15. The van der Waals surface area contributed by atoms with Crippen molar-refractivity contribution in [3.63, 3.8) is 0 Å². The molecule has 4 heteroatoms. The van der Waals surface area contributed by atoms with Gasteiger partial charge in [0, 0.05) is 32.4 Å². The van der Waals surface area contributed by atoms with Crippen LogP contribution in [0.15, 0.2) is 55.3 Å². The van der Waals surface area contributed by atoms with Crippen LogP contribution in [0.25, 0.3) is 12.2 Å². The Morgan fingerprint density at radius 1 is 1.24 bits per heavy atom. The molecular formula is C21H25N3O. The van der Waals surface area contributed by atoms with E-state index in [-0.39, 0.29) is 0 Å². The van der Waals surface area contributed by atoms with E-state index in [1.807, 2.05) is 30.3 Å². The first kappa shape index (κ1) is 17.4. The van der Waals surface area contributed by atoms with Gasteiger partial charge >= 0.3 is 0 Å². The normalized spacial score (nSPS) is 14.4. The predicted octanol–water partition coefficient (Wildman–Crippen LogP) is 3.13. The first-order valence-electron chi connectivity index (χ1n) is 8.72. The van der Waals surface area contributed by atoms with Crippen molar-refractivity contribution < 1.29 is 4.74 Å². The quantitative estimate of drug-likeness (QED) is 0.691. The Kier molecular flexibility index (Phi) is 6.37. The summed E-state index contributed by atoms with van der Waals surface area (Å²) in [5.41, 5.74) is 3.26. The Balaban J connectivity index is 1.69. The number of hydrogen-bond acceptors (Lipinski definition) is 4. The molecule has 0 bridgehead atoms. The van der Waals surface area contributed by atoms with Crippen LogP contribution in [-0.4, -0.2) is 31.2 Å². The second-order valence-corrected chi connectivity index (χ2v) is 6.25. The largest absolute Gasteiger partial charge is 0.490 e. The minimum atomic E-state index is 0.508. The van der Waals surface area contributed by atoms with Crippen molar-refractivity contribution in [3.8, 4) is 5.75 Å². The van der Waals surface area contributed by atoms with E-state index in [2.05, 4.69) is 40.4 Å². The molecule has 2 aromatic rings. The van der Waals surface area contributed by atoms with Crippen LogP contribution in [0.4, 0.5) is 0 Å². The standard InChI is InChI=1S/C21H25N3O/c1-2-9-25-21-11-17(6-7-20-5-3-4-8-24-20)10-18(12-21)13-22-14-19-15-23-16-19/h2-8,10-12,19,22-23H,1,9,13-16H2/b7-6+. The summed E-state index contributed by atoms with van der Waals surface area (Å²) >= 11 is 0. The minimum absolute atomic E-state index is 0.508. The molecule has 2 heterocycles. The summed E-state index contributed by atoms with van der Waals surface area (Å²) in [7, 11) is 0. The van der Waals surface area contributed by atoms with Gasteiger partial charge in [0.2, 0.25) is 0 Å². The molecular weight excluding hydrogens is 310 g/mol. The van der Waals surface area contributed by atoms with E-state index in [0.717, 1.165) is 49.1 Å². The molecule has 1 saturated heterocycles. The molecule has 0 saturated carbocycles. The third-order valence-electron chi connectivity index (χ3n) is 4.12. The van der Waals surface area contributed by atoms with Crippen molar-refractivity contribution in [2.75, 3.05) is 26.2 Å². The summed E-state index contributed by atoms with van der Waals surface area (Å²) in [5.74, 6) is 1.62. The Morgan fingerprint density at radius 2 is 2.16 bits per heavy atom. The fourth-order valence-corrected chi connectivity index (χ4v) is 2.69. The Hall–Kier alpha value is -2.43. The van der Waals surface area contributed by atoms with Gasteiger partial charge in [-0.05, 0) is 47.4 Å². The zero-order chi connectivity index (χ0) is 17.3. The molecule has 0 unspecified atom stereocenters. The maximum absolute atomic E-state index is 5.74. The van der Waals surface area contributed by atoms with Crippen LogP contribution < -0.4 is 15.4 Å². The molecule has 1 aromatic heterocycles. The smallest absolute Gasteiger partial charge is 0.120 e. The molecule has 0 aliphatic carbocycles. The number of ether oxygens (including phenoxy) is 1. The van der Waals surface area contributed by atoms with E-state index >= 15 is 0 Å². The molecule has 0 amide bonds. The number of hydrogen-bond donors (Lipinski definition) is 2. The van der Waals surface area contributed by atoms with Crippen LogP contribution in [0.5, 0.6) is 5.75 Å². The van der Waals surface area contributed by atoms with Crippen molar-refractivity contribution >= 4 is 12.2 Å². The zero-order valence-corrected chi connectivity index (χ0v) is 14.4. The summed E-state index contributed by atoms with van der Waals surface area (Å²) in [5, 5.41) is 6.83. The molecule has 0 spiro atoms. The fraction of sp³-hybridized carbons (Fsp3) is 0.286. The molecule has 1 aliphatic rings. The van der Waals surface area contributed by atoms with Crippen LogP contribution in [0.1, 0.15) is 16.8 Å². The highest BCUT2D eigenvalue weighted by molar-refractivity contribution is 5.69. The molecule has 3 rings (SSSR count). The fourth-order valence-electron chi connectivity index (χ4n) is 2.69. The summed E-state index contributed by atoms with van der Waals surface area (Å²) in [6.45, 7) is 8.35. The SMILES string of the molecule is C=CCOc1cc(/C=C/c2ccccn2)cc(CNCC2CNC2)c1. The highest BCUT2D eigenvalue weighted by Crippen LogP contribution is 2.19. The van der Waals surface area contributed by atoms with Gasteiger partial charge in [-0.25, -0.2) is 0 Å². The average molecular weight is 335 g/mol. The summed E-state index contributed by atoms with van der Waals surface area (Å²) in [6, 6.07) is 12.2. The molecule has 2 N–H and O–H groups in total. The lowest BCUT2D eigenvalue weighted by Crippen LogP contribution is -2.47. The molecule has 1 aliphatic heterocycles. The molecule has 130 valence electrons. The van der Waals surface area contributed by atoms with Gasteiger partial charge in [0.25, 0.3) is 0 Å². The Morgan fingerprint density at radius 3 is 2.88 bits per heavy atom. The van der Waals surface area contributed by atoms with E-state index in [4.69, 9.17) is 4.74 Å². The zero-order valence-electron chi connectivity index (χ0n) is 14.4. The monoisotopic (exact) mass is 335 g/mol. The van der Waals surface area contributed by atoms with E-state index in [9.17, 15) is 0 Å². The summed E-state index contributed by atoms with van der Waals surface area (Å²) in [4.78, 5) is 4.32. The summed E-state index contributed by atoms with van der Waals surface area (Å²) in [6.07, 6.45) is 7.65. The minimum Gasteiger partial charge on any atom is -0.490 e. The number of nitrogens with zero attached hydrogens (tertiary/aromatic N) is 1. The molecule has 4 nitrogen and oxygen atoms in total. The van der Waals surface area contributed by atoms with Gasteiger partial charge in [0.05, 0.1) is 5.69 Å². The van der Waals surface area contributed by atoms with Gasteiger partial charge in [-0.3, -0.25) is 4.98 Å². The lowest BCUT2D eigenvalue weighted by atomic mass is 10.0.